The first-order valence-corrected chi connectivity index (χ1v) is 7.46. The number of nitrogens with zero attached hydrogens (tertiary/aromatic N) is 2. The molecule has 0 radical (unpaired) electrons. The number of aromatic nitrogens is 2. The summed E-state index contributed by atoms with van der Waals surface area (Å²) in [7, 11) is 0. The SMILES string of the molecule is Cc1cc(C(=O)/C=C/c2cnc3ccccc3n2)c(C)s1. The van der Waals surface area contributed by atoms with Crippen LogP contribution in [0.25, 0.3) is 17.1 Å². The van der Waals surface area contributed by atoms with Crippen LogP contribution in [0.15, 0.2) is 42.6 Å². The Balaban J connectivity index is 1.87. The number of carbonyl (C=O) groups excluding carboxylic acids is 1. The number of ketones is 1. The van der Waals surface area contributed by atoms with Crippen molar-refractivity contribution in [2.24, 2.45) is 0 Å². The first kappa shape index (κ1) is 13.6. The van der Waals surface area contributed by atoms with Gasteiger partial charge in [0.15, 0.2) is 5.78 Å². The van der Waals surface area contributed by atoms with Gasteiger partial charge in [0.2, 0.25) is 0 Å². The van der Waals surface area contributed by atoms with Crippen molar-refractivity contribution in [3.63, 3.8) is 0 Å². The Hall–Kier alpha value is -2.33. The molecule has 0 aliphatic heterocycles. The molecule has 0 spiro atoms. The van der Waals surface area contributed by atoms with Gasteiger partial charge in [-0.1, -0.05) is 12.1 Å². The second kappa shape index (κ2) is 5.58. The van der Waals surface area contributed by atoms with Gasteiger partial charge >= 0.3 is 0 Å². The van der Waals surface area contributed by atoms with E-state index in [1.165, 1.54) is 0 Å². The van der Waals surface area contributed by atoms with Crippen molar-refractivity contribution in [1.82, 2.24) is 9.97 Å². The van der Waals surface area contributed by atoms with E-state index in [1.807, 2.05) is 44.2 Å². The molecule has 4 heteroatoms. The Morgan fingerprint density at radius 3 is 2.67 bits per heavy atom. The molecule has 0 aliphatic carbocycles. The van der Waals surface area contributed by atoms with E-state index in [9.17, 15) is 4.79 Å². The van der Waals surface area contributed by atoms with Gasteiger partial charge in [-0.2, -0.15) is 0 Å². The van der Waals surface area contributed by atoms with Crippen LogP contribution in [0.4, 0.5) is 0 Å². The van der Waals surface area contributed by atoms with Crippen molar-refractivity contribution in [3.05, 3.63) is 63.6 Å². The van der Waals surface area contributed by atoms with Crippen molar-refractivity contribution in [3.8, 4) is 0 Å². The summed E-state index contributed by atoms with van der Waals surface area (Å²) in [5, 5.41) is 0. The fourth-order valence-electron chi connectivity index (χ4n) is 2.18. The van der Waals surface area contributed by atoms with E-state index in [0.29, 0.717) is 5.69 Å². The van der Waals surface area contributed by atoms with Crippen LogP contribution in [0.2, 0.25) is 0 Å². The Bertz CT molecular complexity index is 849. The number of rotatable bonds is 3. The van der Waals surface area contributed by atoms with E-state index in [4.69, 9.17) is 0 Å². The molecule has 0 saturated heterocycles. The van der Waals surface area contributed by atoms with Gasteiger partial charge in [-0.05, 0) is 44.2 Å². The van der Waals surface area contributed by atoms with E-state index in [0.717, 1.165) is 26.4 Å². The summed E-state index contributed by atoms with van der Waals surface area (Å²) < 4.78 is 0. The van der Waals surface area contributed by atoms with E-state index < -0.39 is 0 Å². The topological polar surface area (TPSA) is 42.9 Å². The fraction of sp³-hybridized carbons (Fsp3) is 0.118. The van der Waals surface area contributed by atoms with Crippen LogP contribution in [0.3, 0.4) is 0 Å². The zero-order chi connectivity index (χ0) is 14.8. The zero-order valence-corrected chi connectivity index (χ0v) is 12.6. The number of para-hydroxylation sites is 2. The summed E-state index contributed by atoms with van der Waals surface area (Å²) in [5.74, 6) is 0.00630. The van der Waals surface area contributed by atoms with E-state index in [1.54, 1.807) is 29.7 Å². The average molecular weight is 294 g/mol. The Morgan fingerprint density at radius 1 is 1.19 bits per heavy atom. The lowest BCUT2D eigenvalue weighted by molar-refractivity contribution is 0.104. The van der Waals surface area contributed by atoms with Crippen LogP contribution in [0.5, 0.6) is 0 Å². The summed E-state index contributed by atoms with van der Waals surface area (Å²) in [6.45, 7) is 3.97. The van der Waals surface area contributed by atoms with Crippen LogP contribution >= 0.6 is 11.3 Å². The third-order valence-corrected chi connectivity index (χ3v) is 4.15. The highest BCUT2D eigenvalue weighted by atomic mass is 32.1. The third kappa shape index (κ3) is 2.90. The maximum Gasteiger partial charge on any atom is 0.187 e. The number of fused-ring (bicyclic) bond motifs is 1. The molecule has 0 unspecified atom stereocenters. The summed E-state index contributed by atoms with van der Waals surface area (Å²) >= 11 is 1.64. The molecule has 0 fully saturated rings. The standard InChI is InChI=1S/C17H14N2OS/c1-11-9-14(12(2)21-11)17(20)8-7-13-10-18-15-5-3-4-6-16(15)19-13/h3-10H,1-2H3/b8-7+. The third-order valence-electron chi connectivity index (χ3n) is 3.18. The number of allylic oxidation sites excluding steroid dienone is 1. The van der Waals surface area contributed by atoms with Crippen LogP contribution < -0.4 is 0 Å². The Kier molecular flexibility index (Phi) is 3.62. The summed E-state index contributed by atoms with van der Waals surface area (Å²) in [6.07, 6.45) is 4.96. The molecule has 0 amide bonds. The number of aryl methyl sites for hydroxylation is 2. The predicted molar refractivity (Wildman–Crippen MR) is 86.7 cm³/mol. The van der Waals surface area contributed by atoms with Crippen molar-refractivity contribution < 1.29 is 4.79 Å². The molecule has 0 saturated carbocycles. The number of benzene rings is 1. The lowest BCUT2D eigenvalue weighted by Crippen LogP contribution is -1.94. The number of hydrogen-bond acceptors (Lipinski definition) is 4. The van der Waals surface area contributed by atoms with Gasteiger partial charge in [-0.15, -0.1) is 11.3 Å². The molecule has 2 heterocycles. The van der Waals surface area contributed by atoms with Gasteiger partial charge < -0.3 is 0 Å². The number of hydrogen-bond donors (Lipinski definition) is 0. The molecule has 0 aliphatic rings. The second-order valence-corrected chi connectivity index (χ2v) is 6.27. The van der Waals surface area contributed by atoms with E-state index in [-0.39, 0.29) is 5.78 Å². The maximum atomic E-state index is 12.2. The van der Waals surface area contributed by atoms with Gasteiger partial charge in [0.1, 0.15) is 0 Å². The lowest BCUT2D eigenvalue weighted by atomic mass is 10.1. The largest absolute Gasteiger partial charge is 0.289 e. The summed E-state index contributed by atoms with van der Waals surface area (Å²) in [6, 6.07) is 9.61. The van der Waals surface area contributed by atoms with Crippen molar-refractivity contribution >= 4 is 34.2 Å². The fourth-order valence-corrected chi connectivity index (χ4v) is 3.11. The van der Waals surface area contributed by atoms with E-state index in [2.05, 4.69) is 9.97 Å². The molecule has 104 valence electrons. The van der Waals surface area contributed by atoms with Gasteiger partial charge in [0.25, 0.3) is 0 Å². The van der Waals surface area contributed by atoms with Crippen LogP contribution in [-0.4, -0.2) is 15.8 Å². The van der Waals surface area contributed by atoms with Crippen LogP contribution in [-0.2, 0) is 0 Å². The minimum absolute atomic E-state index is 0.00630. The average Bonchev–Trinajstić information content (AvgIpc) is 2.83. The molecular weight excluding hydrogens is 280 g/mol. The van der Waals surface area contributed by atoms with Crippen LogP contribution in [0, 0.1) is 13.8 Å². The lowest BCUT2D eigenvalue weighted by Gasteiger charge is -1.97. The smallest absolute Gasteiger partial charge is 0.187 e. The molecular formula is C17H14N2OS. The van der Waals surface area contributed by atoms with Gasteiger partial charge in [0.05, 0.1) is 22.9 Å². The molecule has 21 heavy (non-hydrogen) atoms. The van der Waals surface area contributed by atoms with Gasteiger partial charge in [0, 0.05) is 15.3 Å². The number of thiophene rings is 1. The first-order valence-electron chi connectivity index (χ1n) is 6.65. The quantitative estimate of drug-likeness (QED) is 0.537. The highest BCUT2D eigenvalue weighted by molar-refractivity contribution is 7.12. The molecule has 3 nitrogen and oxygen atoms in total. The monoisotopic (exact) mass is 294 g/mol. The first-order chi connectivity index (χ1) is 10.1. The zero-order valence-electron chi connectivity index (χ0n) is 11.8. The van der Waals surface area contributed by atoms with E-state index >= 15 is 0 Å². The normalized spacial score (nSPS) is 11.3. The number of carbonyl (C=O) groups is 1. The Morgan fingerprint density at radius 2 is 1.95 bits per heavy atom. The summed E-state index contributed by atoms with van der Waals surface area (Å²) in [5.41, 5.74) is 3.13. The van der Waals surface area contributed by atoms with Gasteiger partial charge in [-0.3, -0.25) is 9.78 Å². The molecule has 0 atom stereocenters. The molecule has 0 bridgehead atoms. The molecule has 0 N–H and O–H groups in total. The van der Waals surface area contributed by atoms with Crippen molar-refractivity contribution in [1.29, 1.82) is 0 Å². The Labute approximate surface area is 127 Å². The van der Waals surface area contributed by atoms with Crippen molar-refractivity contribution in [2.45, 2.75) is 13.8 Å². The summed E-state index contributed by atoms with van der Waals surface area (Å²) in [4.78, 5) is 23.2. The van der Waals surface area contributed by atoms with Crippen LogP contribution in [0.1, 0.15) is 25.8 Å². The highest BCUT2D eigenvalue weighted by Crippen LogP contribution is 2.21. The second-order valence-electron chi connectivity index (χ2n) is 4.81. The predicted octanol–water partition coefficient (Wildman–Crippen LogP) is 4.20. The van der Waals surface area contributed by atoms with Gasteiger partial charge in [-0.25, -0.2) is 4.98 Å². The molecule has 2 aromatic heterocycles. The highest BCUT2D eigenvalue weighted by Gasteiger charge is 2.09. The molecule has 3 aromatic rings. The van der Waals surface area contributed by atoms with Crippen molar-refractivity contribution in [2.75, 3.05) is 0 Å². The molecule has 3 rings (SSSR count). The maximum absolute atomic E-state index is 12.2. The minimum Gasteiger partial charge on any atom is -0.289 e. The molecule has 1 aromatic carbocycles. The minimum atomic E-state index is 0.00630.